The zero-order chi connectivity index (χ0) is 12.1. The summed E-state index contributed by atoms with van der Waals surface area (Å²) in [5.74, 6) is 0.885. The largest absolute Gasteiger partial charge is 0.348 e. The van der Waals surface area contributed by atoms with Crippen LogP contribution in [0.25, 0.3) is 0 Å². The molecule has 1 unspecified atom stereocenters. The Morgan fingerprint density at radius 3 is 3.12 bits per heavy atom. The first kappa shape index (κ1) is 12.6. The van der Waals surface area contributed by atoms with Crippen LogP contribution in [0.4, 0.5) is 5.13 Å². The van der Waals surface area contributed by atoms with E-state index in [0.29, 0.717) is 0 Å². The molecule has 0 radical (unpaired) electrons. The molecule has 3 nitrogen and oxygen atoms in total. The van der Waals surface area contributed by atoms with Gasteiger partial charge in [-0.3, -0.25) is 4.79 Å². The molecular formula is C13H20N2OS. The number of carbonyl (C=O) groups is 1. The third kappa shape index (κ3) is 3.28. The molecule has 0 saturated carbocycles. The molecule has 1 aromatic rings. The zero-order valence-electron chi connectivity index (χ0n) is 10.4. The Balaban J connectivity index is 1.96. The molecule has 0 spiro atoms. The van der Waals surface area contributed by atoms with Crippen LogP contribution in [0.5, 0.6) is 0 Å². The van der Waals surface area contributed by atoms with Crippen LogP contribution in [0.3, 0.4) is 0 Å². The van der Waals surface area contributed by atoms with Crippen molar-refractivity contribution in [3.63, 3.8) is 0 Å². The Morgan fingerprint density at radius 2 is 2.41 bits per heavy atom. The molecule has 2 heterocycles. The predicted molar refractivity (Wildman–Crippen MR) is 72.0 cm³/mol. The number of aromatic nitrogens is 1. The highest BCUT2D eigenvalue weighted by Crippen LogP contribution is 2.27. The Hall–Kier alpha value is -0.900. The lowest BCUT2D eigenvalue weighted by molar-refractivity contribution is 0.112. The number of nitrogens with zero attached hydrogens (tertiary/aromatic N) is 2. The third-order valence-electron chi connectivity index (χ3n) is 3.44. The monoisotopic (exact) mass is 252 g/mol. The Morgan fingerprint density at radius 1 is 1.53 bits per heavy atom. The van der Waals surface area contributed by atoms with Crippen LogP contribution in [-0.2, 0) is 0 Å². The van der Waals surface area contributed by atoms with Gasteiger partial charge in [-0.2, -0.15) is 0 Å². The number of anilines is 1. The summed E-state index contributed by atoms with van der Waals surface area (Å²) in [6, 6.07) is 0. The summed E-state index contributed by atoms with van der Waals surface area (Å²) in [7, 11) is 0. The number of thiazole rings is 1. The first-order valence-electron chi connectivity index (χ1n) is 6.49. The summed E-state index contributed by atoms with van der Waals surface area (Å²) < 4.78 is 0. The lowest BCUT2D eigenvalue weighted by Crippen LogP contribution is -2.23. The lowest BCUT2D eigenvalue weighted by atomic mass is 9.96. The molecule has 1 atom stereocenters. The normalized spacial score (nSPS) is 21.2. The molecule has 0 bridgehead atoms. The highest BCUT2D eigenvalue weighted by atomic mass is 32.1. The van der Waals surface area contributed by atoms with Crippen LogP contribution in [0.15, 0.2) is 6.20 Å². The van der Waals surface area contributed by atoms with Gasteiger partial charge in [0, 0.05) is 13.1 Å². The van der Waals surface area contributed by atoms with Crippen LogP contribution < -0.4 is 4.90 Å². The molecule has 1 aliphatic heterocycles. The van der Waals surface area contributed by atoms with Crippen molar-refractivity contribution in [2.75, 3.05) is 18.0 Å². The van der Waals surface area contributed by atoms with Crippen molar-refractivity contribution in [2.45, 2.75) is 39.0 Å². The summed E-state index contributed by atoms with van der Waals surface area (Å²) >= 11 is 1.51. The molecule has 0 amide bonds. The number of aldehydes is 1. The van der Waals surface area contributed by atoms with Crippen LogP contribution in [-0.4, -0.2) is 24.4 Å². The van der Waals surface area contributed by atoms with Gasteiger partial charge in [-0.1, -0.05) is 31.1 Å². The van der Waals surface area contributed by atoms with Crippen molar-refractivity contribution >= 4 is 22.8 Å². The van der Waals surface area contributed by atoms with Gasteiger partial charge in [0.1, 0.15) is 0 Å². The second kappa shape index (κ2) is 6.15. The fourth-order valence-corrected chi connectivity index (χ4v) is 3.31. The number of hydrogen-bond acceptors (Lipinski definition) is 4. The van der Waals surface area contributed by atoms with Gasteiger partial charge in [0.2, 0.25) is 0 Å². The standard InChI is InChI=1S/C13H20N2OS/c1-2-4-11-5-3-7-15(8-6-11)13-14-9-12(10-16)17-13/h9-11H,2-8H2,1H3. The van der Waals surface area contributed by atoms with E-state index in [1.54, 1.807) is 6.20 Å². The van der Waals surface area contributed by atoms with Gasteiger partial charge in [0.05, 0.1) is 11.1 Å². The molecule has 1 saturated heterocycles. The van der Waals surface area contributed by atoms with Crippen molar-refractivity contribution in [1.82, 2.24) is 4.98 Å². The van der Waals surface area contributed by atoms with Crippen LogP contribution in [0.2, 0.25) is 0 Å². The quantitative estimate of drug-likeness (QED) is 0.770. The van der Waals surface area contributed by atoms with E-state index >= 15 is 0 Å². The third-order valence-corrected chi connectivity index (χ3v) is 4.43. The summed E-state index contributed by atoms with van der Waals surface area (Å²) in [5, 5.41) is 1.02. The Labute approximate surface area is 107 Å². The molecule has 1 fully saturated rings. The maximum Gasteiger partial charge on any atom is 0.185 e. The topological polar surface area (TPSA) is 33.2 Å². The van der Waals surface area contributed by atoms with E-state index < -0.39 is 0 Å². The van der Waals surface area contributed by atoms with Gasteiger partial charge in [-0.25, -0.2) is 4.98 Å². The van der Waals surface area contributed by atoms with Crippen molar-refractivity contribution in [1.29, 1.82) is 0 Å². The van der Waals surface area contributed by atoms with E-state index in [1.807, 2.05) is 0 Å². The number of rotatable bonds is 4. The summed E-state index contributed by atoms with van der Waals surface area (Å²) in [5.41, 5.74) is 0. The molecule has 1 aliphatic rings. The van der Waals surface area contributed by atoms with E-state index in [9.17, 15) is 4.79 Å². The minimum atomic E-state index is 0.731. The molecule has 0 N–H and O–H groups in total. The second-order valence-corrected chi connectivity index (χ2v) is 5.78. The van der Waals surface area contributed by atoms with E-state index in [1.165, 1.54) is 43.4 Å². The molecule has 0 aliphatic carbocycles. The van der Waals surface area contributed by atoms with Crippen molar-refractivity contribution in [3.05, 3.63) is 11.1 Å². The van der Waals surface area contributed by atoms with Crippen LogP contribution in [0, 0.1) is 5.92 Å². The van der Waals surface area contributed by atoms with Gasteiger partial charge in [0.25, 0.3) is 0 Å². The Bertz CT molecular complexity index is 364. The van der Waals surface area contributed by atoms with Gasteiger partial charge in [-0.15, -0.1) is 0 Å². The van der Waals surface area contributed by atoms with E-state index in [0.717, 1.165) is 35.3 Å². The van der Waals surface area contributed by atoms with E-state index in [2.05, 4.69) is 16.8 Å². The lowest BCUT2D eigenvalue weighted by Gasteiger charge is -2.19. The Kier molecular flexibility index (Phi) is 4.54. The zero-order valence-corrected chi connectivity index (χ0v) is 11.2. The summed E-state index contributed by atoms with van der Waals surface area (Å²) in [6.45, 7) is 4.45. The molecule has 94 valence electrons. The van der Waals surface area contributed by atoms with E-state index in [-0.39, 0.29) is 0 Å². The molecule has 2 rings (SSSR count). The summed E-state index contributed by atoms with van der Waals surface area (Å²) in [4.78, 5) is 18.1. The van der Waals surface area contributed by atoms with Crippen LogP contribution in [0.1, 0.15) is 48.7 Å². The first-order valence-corrected chi connectivity index (χ1v) is 7.31. The predicted octanol–water partition coefficient (Wildman–Crippen LogP) is 3.36. The van der Waals surface area contributed by atoms with Crippen molar-refractivity contribution in [3.8, 4) is 0 Å². The molecule has 17 heavy (non-hydrogen) atoms. The van der Waals surface area contributed by atoms with E-state index in [4.69, 9.17) is 0 Å². The molecule has 1 aromatic heterocycles. The molecule has 0 aromatic carbocycles. The highest BCUT2D eigenvalue weighted by Gasteiger charge is 2.18. The maximum atomic E-state index is 10.7. The van der Waals surface area contributed by atoms with Crippen molar-refractivity contribution in [2.24, 2.45) is 5.92 Å². The highest BCUT2D eigenvalue weighted by molar-refractivity contribution is 7.17. The minimum Gasteiger partial charge on any atom is -0.348 e. The summed E-state index contributed by atoms with van der Waals surface area (Å²) in [6.07, 6.45) is 9.07. The average Bonchev–Trinajstić information content (AvgIpc) is 2.70. The van der Waals surface area contributed by atoms with Crippen LogP contribution >= 0.6 is 11.3 Å². The second-order valence-electron chi connectivity index (χ2n) is 4.74. The van der Waals surface area contributed by atoms with Gasteiger partial charge >= 0.3 is 0 Å². The van der Waals surface area contributed by atoms with Gasteiger partial charge in [0.15, 0.2) is 11.4 Å². The maximum absolute atomic E-state index is 10.7. The number of carbonyl (C=O) groups excluding carboxylic acids is 1. The minimum absolute atomic E-state index is 0.731. The smallest absolute Gasteiger partial charge is 0.185 e. The molecule has 4 heteroatoms. The van der Waals surface area contributed by atoms with Gasteiger partial charge < -0.3 is 4.90 Å². The van der Waals surface area contributed by atoms with Crippen molar-refractivity contribution < 1.29 is 4.79 Å². The SMILES string of the molecule is CCCC1CCCN(c2ncc(C=O)s2)CC1. The fraction of sp³-hybridized carbons (Fsp3) is 0.692. The fourth-order valence-electron chi connectivity index (χ4n) is 2.53. The average molecular weight is 252 g/mol. The molecular weight excluding hydrogens is 232 g/mol. The first-order chi connectivity index (χ1) is 8.33. The van der Waals surface area contributed by atoms with Gasteiger partial charge in [-0.05, 0) is 25.2 Å². The number of hydrogen-bond donors (Lipinski definition) is 0.